The molecule has 0 spiro atoms. The van der Waals surface area contributed by atoms with Crippen LogP contribution in [0.4, 0.5) is 0 Å². The molecule has 4 nitrogen and oxygen atoms in total. The standard InChI is InChI=1S/C14H13NO3/c1-10-7-8-15-12(14(16)17)13(10)18-9-11-5-3-2-4-6-11/h2-8H,9H2,1H3,(H,16,17). The van der Waals surface area contributed by atoms with Crippen LogP contribution in [0.2, 0.25) is 0 Å². The summed E-state index contributed by atoms with van der Waals surface area (Å²) in [5.74, 6) is -0.754. The molecular formula is C14H13NO3. The Morgan fingerprint density at radius 2 is 2.00 bits per heavy atom. The Hall–Kier alpha value is -2.36. The van der Waals surface area contributed by atoms with Crippen LogP contribution < -0.4 is 4.74 Å². The summed E-state index contributed by atoms with van der Waals surface area (Å²) in [6.07, 6.45) is 1.47. The van der Waals surface area contributed by atoms with Crippen LogP contribution in [-0.2, 0) is 6.61 Å². The molecule has 2 aromatic rings. The first-order valence-corrected chi connectivity index (χ1v) is 5.54. The normalized spacial score (nSPS) is 10.1. The number of benzene rings is 1. The number of aromatic nitrogens is 1. The average molecular weight is 243 g/mol. The van der Waals surface area contributed by atoms with E-state index in [4.69, 9.17) is 9.84 Å². The molecule has 0 aliphatic carbocycles. The number of rotatable bonds is 4. The molecule has 0 amide bonds. The van der Waals surface area contributed by atoms with Gasteiger partial charge in [0, 0.05) is 6.20 Å². The molecular weight excluding hydrogens is 230 g/mol. The van der Waals surface area contributed by atoms with Gasteiger partial charge in [0.1, 0.15) is 6.61 Å². The molecule has 0 saturated heterocycles. The van der Waals surface area contributed by atoms with Crippen molar-refractivity contribution in [3.63, 3.8) is 0 Å². The molecule has 18 heavy (non-hydrogen) atoms. The first kappa shape index (κ1) is 12.1. The maximum absolute atomic E-state index is 11.0. The summed E-state index contributed by atoms with van der Waals surface area (Å²) in [5.41, 5.74) is 1.70. The van der Waals surface area contributed by atoms with Gasteiger partial charge in [0.2, 0.25) is 0 Å². The zero-order valence-electron chi connectivity index (χ0n) is 9.96. The fraction of sp³-hybridized carbons (Fsp3) is 0.143. The van der Waals surface area contributed by atoms with Gasteiger partial charge in [-0.2, -0.15) is 0 Å². The van der Waals surface area contributed by atoms with E-state index < -0.39 is 5.97 Å². The van der Waals surface area contributed by atoms with Crippen LogP contribution in [0.25, 0.3) is 0 Å². The number of hydrogen-bond acceptors (Lipinski definition) is 3. The van der Waals surface area contributed by atoms with Gasteiger partial charge in [-0.25, -0.2) is 9.78 Å². The zero-order valence-corrected chi connectivity index (χ0v) is 9.96. The third-order valence-corrected chi connectivity index (χ3v) is 2.53. The third-order valence-electron chi connectivity index (χ3n) is 2.53. The van der Waals surface area contributed by atoms with Gasteiger partial charge in [-0.05, 0) is 24.1 Å². The topological polar surface area (TPSA) is 59.4 Å². The van der Waals surface area contributed by atoms with E-state index in [1.54, 1.807) is 13.0 Å². The van der Waals surface area contributed by atoms with E-state index >= 15 is 0 Å². The molecule has 1 N–H and O–H groups in total. The van der Waals surface area contributed by atoms with Crippen LogP contribution in [-0.4, -0.2) is 16.1 Å². The highest BCUT2D eigenvalue weighted by Gasteiger charge is 2.15. The molecule has 4 heteroatoms. The van der Waals surface area contributed by atoms with Crippen molar-refractivity contribution in [3.05, 3.63) is 59.4 Å². The highest BCUT2D eigenvalue weighted by molar-refractivity contribution is 5.89. The lowest BCUT2D eigenvalue weighted by Gasteiger charge is -2.10. The van der Waals surface area contributed by atoms with E-state index in [1.165, 1.54) is 6.20 Å². The minimum Gasteiger partial charge on any atom is -0.486 e. The second-order valence-corrected chi connectivity index (χ2v) is 3.89. The lowest BCUT2D eigenvalue weighted by Crippen LogP contribution is -2.07. The van der Waals surface area contributed by atoms with Crippen molar-refractivity contribution in [2.75, 3.05) is 0 Å². The van der Waals surface area contributed by atoms with Gasteiger partial charge in [-0.3, -0.25) is 0 Å². The first-order chi connectivity index (χ1) is 8.68. The third kappa shape index (κ3) is 2.66. The maximum atomic E-state index is 11.0. The Morgan fingerprint density at radius 1 is 1.28 bits per heavy atom. The quantitative estimate of drug-likeness (QED) is 0.896. The average Bonchev–Trinajstić information content (AvgIpc) is 2.38. The Balaban J connectivity index is 2.21. The highest BCUT2D eigenvalue weighted by Crippen LogP contribution is 2.22. The van der Waals surface area contributed by atoms with Crippen LogP contribution in [0.15, 0.2) is 42.6 Å². The summed E-state index contributed by atoms with van der Waals surface area (Å²) in [4.78, 5) is 14.9. The van der Waals surface area contributed by atoms with Crippen LogP contribution in [0.1, 0.15) is 21.6 Å². The lowest BCUT2D eigenvalue weighted by atomic mass is 10.2. The van der Waals surface area contributed by atoms with Gasteiger partial charge in [-0.1, -0.05) is 30.3 Å². The van der Waals surface area contributed by atoms with Crippen LogP contribution in [0.3, 0.4) is 0 Å². The smallest absolute Gasteiger partial charge is 0.358 e. The van der Waals surface area contributed by atoms with Gasteiger partial charge >= 0.3 is 5.97 Å². The lowest BCUT2D eigenvalue weighted by molar-refractivity contribution is 0.0684. The number of hydrogen-bond donors (Lipinski definition) is 1. The number of carboxylic acid groups (broad SMARTS) is 1. The SMILES string of the molecule is Cc1ccnc(C(=O)O)c1OCc1ccccc1. The van der Waals surface area contributed by atoms with Gasteiger partial charge in [0.05, 0.1) is 0 Å². The van der Waals surface area contributed by atoms with Gasteiger partial charge in [0.25, 0.3) is 0 Å². The second kappa shape index (κ2) is 5.31. The van der Waals surface area contributed by atoms with Gasteiger partial charge < -0.3 is 9.84 Å². The molecule has 92 valence electrons. The number of nitrogens with zero attached hydrogens (tertiary/aromatic N) is 1. The molecule has 0 radical (unpaired) electrons. The van der Waals surface area contributed by atoms with Crippen molar-refractivity contribution in [1.82, 2.24) is 4.98 Å². The van der Waals surface area contributed by atoms with Crippen LogP contribution >= 0.6 is 0 Å². The fourth-order valence-corrected chi connectivity index (χ4v) is 1.61. The number of aromatic carboxylic acids is 1. The molecule has 0 unspecified atom stereocenters. The fourth-order valence-electron chi connectivity index (χ4n) is 1.61. The predicted molar refractivity (Wildman–Crippen MR) is 66.7 cm³/mol. The van der Waals surface area contributed by atoms with E-state index in [-0.39, 0.29) is 5.69 Å². The van der Waals surface area contributed by atoms with E-state index in [1.807, 2.05) is 30.3 Å². The predicted octanol–water partition coefficient (Wildman–Crippen LogP) is 2.67. The molecule has 1 heterocycles. The number of pyridine rings is 1. The van der Waals surface area contributed by atoms with Crippen molar-refractivity contribution < 1.29 is 14.6 Å². The largest absolute Gasteiger partial charge is 0.486 e. The molecule has 0 bridgehead atoms. The molecule has 0 aliphatic heterocycles. The maximum Gasteiger partial charge on any atom is 0.358 e. The summed E-state index contributed by atoms with van der Waals surface area (Å²) in [7, 11) is 0. The Kier molecular flexibility index (Phi) is 3.57. The van der Waals surface area contributed by atoms with E-state index in [2.05, 4.69) is 4.98 Å². The minimum absolute atomic E-state index is 0.0501. The van der Waals surface area contributed by atoms with Crippen molar-refractivity contribution in [2.45, 2.75) is 13.5 Å². The summed E-state index contributed by atoms with van der Waals surface area (Å²) in [6.45, 7) is 2.13. The Morgan fingerprint density at radius 3 is 2.67 bits per heavy atom. The van der Waals surface area contributed by atoms with Crippen molar-refractivity contribution >= 4 is 5.97 Å². The van der Waals surface area contributed by atoms with E-state index in [0.29, 0.717) is 12.4 Å². The van der Waals surface area contributed by atoms with Gasteiger partial charge in [-0.15, -0.1) is 0 Å². The number of aryl methyl sites for hydroxylation is 1. The van der Waals surface area contributed by atoms with Crippen molar-refractivity contribution in [1.29, 1.82) is 0 Å². The molecule has 0 fully saturated rings. The summed E-state index contributed by atoms with van der Waals surface area (Å²) >= 11 is 0. The van der Waals surface area contributed by atoms with Crippen molar-refractivity contribution in [2.24, 2.45) is 0 Å². The summed E-state index contributed by atoms with van der Waals surface area (Å²) in [6, 6.07) is 11.3. The van der Waals surface area contributed by atoms with Crippen LogP contribution in [0.5, 0.6) is 5.75 Å². The molecule has 0 saturated carbocycles. The second-order valence-electron chi connectivity index (χ2n) is 3.89. The molecule has 0 atom stereocenters. The van der Waals surface area contributed by atoms with Gasteiger partial charge in [0.15, 0.2) is 11.4 Å². The molecule has 2 rings (SSSR count). The molecule has 1 aromatic carbocycles. The Bertz CT molecular complexity index is 552. The monoisotopic (exact) mass is 243 g/mol. The highest BCUT2D eigenvalue weighted by atomic mass is 16.5. The Labute approximate surface area is 105 Å². The minimum atomic E-state index is -1.08. The van der Waals surface area contributed by atoms with E-state index in [9.17, 15) is 4.79 Å². The number of carboxylic acids is 1. The number of carbonyl (C=O) groups is 1. The summed E-state index contributed by atoms with van der Waals surface area (Å²) in [5, 5.41) is 9.04. The van der Waals surface area contributed by atoms with E-state index in [0.717, 1.165) is 11.1 Å². The summed E-state index contributed by atoms with van der Waals surface area (Å²) < 4.78 is 5.57. The molecule has 1 aromatic heterocycles. The van der Waals surface area contributed by atoms with Crippen LogP contribution in [0, 0.1) is 6.92 Å². The first-order valence-electron chi connectivity index (χ1n) is 5.54. The molecule has 0 aliphatic rings. The zero-order chi connectivity index (χ0) is 13.0. The van der Waals surface area contributed by atoms with Crippen molar-refractivity contribution in [3.8, 4) is 5.75 Å². The number of ether oxygens (including phenoxy) is 1.